The quantitative estimate of drug-likeness (QED) is 0.869. The van der Waals surface area contributed by atoms with Crippen molar-refractivity contribution in [3.8, 4) is 5.75 Å². The van der Waals surface area contributed by atoms with Gasteiger partial charge in [-0.1, -0.05) is 22.9 Å². The largest absolute Gasteiger partial charge is 0.496 e. The summed E-state index contributed by atoms with van der Waals surface area (Å²) in [5.74, 6) is 1.63. The monoisotopic (exact) mass is 297 g/mol. The minimum absolute atomic E-state index is 0.638. The van der Waals surface area contributed by atoms with Crippen LogP contribution in [0.25, 0.3) is 0 Å². The zero-order valence-corrected chi connectivity index (χ0v) is 12.1. The predicted octanol–water partition coefficient (Wildman–Crippen LogP) is 3.39. The Kier molecular flexibility index (Phi) is 4.46. The summed E-state index contributed by atoms with van der Waals surface area (Å²) in [6.07, 6.45) is 3.77. The van der Waals surface area contributed by atoms with Crippen molar-refractivity contribution in [2.45, 2.75) is 32.2 Å². The molecule has 0 aromatic heterocycles. The van der Waals surface area contributed by atoms with Gasteiger partial charge in [0.05, 0.1) is 7.11 Å². The average Bonchev–Trinajstić information content (AvgIpc) is 3.10. The molecule has 0 heterocycles. The Bertz CT molecular complexity index is 376. The van der Waals surface area contributed by atoms with E-state index in [4.69, 9.17) is 4.74 Å². The van der Waals surface area contributed by atoms with Crippen molar-refractivity contribution in [2.75, 3.05) is 13.7 Å². The first-order valence-electron chi connectivity index (χ1n) is 6.25. The third-order valence-corrected chi connectivity index (χ3v) is 3.64. The summed E-state index contributed by atoms with van der Waals surface area (Å²) in [6, 6.07) is 7.00. The lowest BCUT2D eigenvalue weighted by Gasteiger charge is -2.15. The lowest BCUT2D eigenvalue weighted by Crippen LogP contribution is -2.24. The van der Waals surface area contributed by atoms with Crippen LogP contribution in [0.4, 0.5) is 0 Å². The summed E-state index contributed by atoms with van der Waals surface area (Å²) in [4.78, 5) is 0. The van der Waals surface area contributed by atoms with E-state index in [0.29, 0.717) is 5.92 Å². The lowest BCUT2D eigenvalue weighted by atomic mass is 10.0. The number of hydrogen-bond acceptors (Lipinski definition) is 2. The van der Waals surface area contributed by atoms with Gasteiger partial charge in [0.15, 0.2) is 0 Å². The van der Waals surface area contributed by atoms with Gasteiger partial charge < -0.3 is 10.1 Å². The Morgan fingerprint density at radius 3 is 2.88 bits per heavy atom. The molecule has 1 aliphatic rings. The van der Waals surface area contributed by atoms with Gasteiger partial charge in [0.25, 0.3) is 0 Å². The number of nitrogens with one attached hydrogen (secondary N) is 1. The first-order chi connectivity index (χ1) is 8.19. The number of hydrogen-bond donors (Lipinski definition) is 1. The third kappa shape index (κ3) is 4.00. The van der Waals surface area contributed by atoms with E-state index in [2.05, 4.69) is 34.2 Å². The molecule has 0 saturated heterocycles. The first-order valence-corrected chi connectivity index (χ1v) is 7.04. The molecule has 0 spiro atoms. The highest BCUT2D eigenvalue weighted by atomic mass is 79.9. The molecule has 1 aliphatic carbocycles. The molecule has 1 aromatic carbocycles. The summed E-state index contributed by atoms with van der Waals surface area (Å²) in [5.41, 5.74) is 1.28. The highest BCUT2D eigenvalue weighted by molar-refractivity contribution is 9.10. The Morgan fingerprint density at radius 2 is 2.24 bits per heavy atom. The number of rotatable bonds is 6. The van der Waals surface area contributed by atoms with Gasteiger partial charge in [0.2, 0.25) is 0 Å². The molecular formula is C14H20BrNO. The lowest BCUT2D eigenvalue weighted by molar-refractivity contribution is 0.403. The second-order valence-electron chi connectivity index (χ2n) is 4.95. The topological polar surface area (TPSA) is 21.3 Å². The maximum atomic E-state index is 5.40. The van der Waals surface area contributed by atoms with Gasteiger partial charge in [-0.2, -0.15) is 0 Å². The van der Waals surface area contributed by atoms with Gasteiger partial charge in [0.1, 0.15) is 5.75 Å². The third-order valence-electron chi connectivity index (χ3n) is 3.14. The fraction of sp³-hybridized carbons (Fsp3) is 0.571. The average molecular weight is 298 g/mol. The molecule has 3 heteroatoms. The van der Waals surface area contributed by atoms with Crippen LogP contribution in [0, 0.1) is 5.92 Å². The van der Waals surface area contributed by atoms with Crippen molar-refractivity contribution in [3.05, 3.63) is 28.2 Å². The van der Waals surface area contributed by atoms with Gasteiger partial charge in [-0.05, 0) is 55.5 Å². The highest BCUT2D eigenvalue weighted by Crippen LogP contribution is 2.26. The van der Waals surface area contributed by atoms with Crippen molar-refractivity contribution in [3.63, 3.8) is 0 Å². The number of methoxy groups -OCH3 is 1. The van der Waals surface area contributed by atoms with Crippen molar-refractivity contribution in [1.29, 1.82) is 0 Å². The van der Waals surface area contributed by atoms with Crippen molar-refractivity contribution >= 4 is 15.9 Å². The van der Waals surface area contributed by atoms with Gasteiger partial charge in [-0.3, -0.25) is 0 Å². The van der Waals surface area contributed by atoms with E-state index >= 15 is 0 Å². The fourth-order valence-corrected chi connectivity index (χ4v) is 2.42. The van der Waals surface area contributed by atoms with Crippen LogP contribution in [-0.2, 0) is 6.42 Å². The van der Waals surface area contributed by atoms with Crippen LogP contribution in [0.5, 0.6) is 5.75 Å². The Hall–Kier alpha value is -0.540. The minimum atomic E-state index is 0.638. The maximum Gasteiger partial charge on any atom is 0.122 e. The Morgan fingerprint density at radius 1 is 1.47 bits per heavy atom. The van der Waals surface area contributed by atoms with Crippen LogP contribution in [0.3, 0.4) is 0 Å². The van der Waals surface area contributed by atoms with Crippen molar-refractivity contribution < 1.29 is 4.74 Å². The predicted molar refractivity (Wildman–Crippen MR) is 74.6 cm³/mol. The van der Waals surface area contributed by atoms with E-state index in [0.717, 1.165) is 29.2 Å². The van der Waals surface area contributed by atoms with Crippen molar-refractivity contribution in [2.24, 2.45) is 5.92 Å². The summed E-state index contributed by atoms with van der Waals surface area (Å²) in [6.45, 7) is 3.38. The van der Waals surface area contributed by atoms with Crippen LogP contribution in [0.2, 0.25) is 0 Å². The Labute approximate surface area is 112 Å². The van der Waals surface area contributed by atoms with Crippen LogP contribution in [0.1, 0.15) is 25.3 Å². The van der Waals surface area contributed by atoms with Crippen LogP contribution in [0.15, 0.2) is 22.7 Å². The molecule has 94 valence electrons. The molecular weight excluding hydrogens is 278 g/mol. The second kappa shape index (κ2) is 5.87. The van der Waals surface area contributed by atoms with Crippen LogP contribution < -0.4 is 10.1 Å². The highest BCUT2D eigenvalue weighted by Gasteiger charge is 2.21. The SMILES string of the molecule is COc1ccc(Br)cc1CC(C)CNC1CC1. The molecule has 1 atom stereocenters. The normalized spacial score (nSPS) is 16.9. The summed E-state index contributed by atoms with van der Waals surface area (Å²) in [7, 11) is 1.74. The molecule has 0 bridgehead atoms. The van der Waals surface area contributed by atoms with Crippen LogP contribution in [-0.4, -0.2) is 19.7 Å². The summed E-state index contributed by atoms with van der Waals surface area (Å²) in [5, 5.41) is 3.58. The molecule has 2 rings (SSSR count). The van der Waals surface area contributed by atoms with E-state index in [9.17, 15) is 0 Å². The summed E-state index contributed by atoms with van der Waals surface area (Å²) < 4.78 is 6.52. The number of ether oxygens (including phenoxy) is 1. The molecule has 0 radical (unpaired) electrons. The number of benzene rings is 1. The number of halogens is 1. The molecule has 0 aliphatic heterocycles. The van der Waals surface area contributed by atoms with Crippen molar-refractivity contribution in [1.82, 2.24) is 5.32 Å². The van der Waals surface area contributed by atoms with E-state index in [1.807, 2.05) is 12.1 Å². The summed E-state index contributed by atoms with van der Waals surface area (Å²) >= 11 is 3.52. The van der Waals surface area contributed by atoms with Crippen LogP contribution >= 0.6 is 15.9 Å². The standard InChI is InChI=1S/C14H20BrNO/c1-10(9-16-13-4-5-13)7-11-8-12(15)3-6-14(11)17-2/h3,6,8,10,13,16H,4-5,7,9H2,1-2H3. The molecule has 1 saturated carbocycles. The maximum absolute atomic E-state index is 5.40. The van der Waals surface area contributed by atoms with Gasteiger partial charge in [-0.25, -0.2) is 0 Å². The van der Waals surface area contributed by atoms with E-state index < -0.39 is 0 Å². The first kappa shape index (κ1) is 12.9. The molecule has 17 heavy (non-hydrogen) atoms. The molecule has 2 nitrogen and oxygen atoms in total. The zero-order chi connectivity index (χ0) is 12.3. The zero-order valence-electron chi connectivity index (χ0n) is 10.5. The van der Waals surface area contributed by atoms with Gasteiger partial charge >= 0.3 is 0 Å². The smallest absolute Gasteiger partial charge is 0.122 e. The molecule has 0 amide bonds. The molecule has 1 unspecified atom stereocenters. The molecule has 1 aromatic rings. The van der Waals surface area contributed by atoms with E-state index in [1.54, 1.807) is 7.11 Å². The second-order valence-corrected chi connectivity index (χ2v) is 5.86. The van der Waals surface area contributed by atoms with Gasteiger partial charge in [-0.15, -0.1) is 0 Å². The van der Waals surface area contributed by atoms with Gasteiger partial charge in [0, 0.05) is 10.5 Å². The van der Waals surface area contributed by atoms with E-state index in [-0.39, 0.29) is 0 Å². The molecule has 1 N–H and O–H groups in total. The minimum Gasteiger partial charge on any atom is -0.496 e. The fourth-order valence-electron chi connectivity index (χ4n) is 2.01. The Balaban J connectivity index is 1.92. The molecule has 1 fully saturated rings. The van der Waals surface area contributed by atoms with E-state index in [1.165, 1.54) is 18.4 Å².